The lowest BCUT2D eigenvalue weighted by molar-refractivity contribution is 0.102. The Bertz CT molecular complexity index is 436. The van der Waals surface area contributed by atoms with E-state index in [0.717, 1.165) is 5.56 Å². The number of rotatable bonds is 4. The van der Waals surface area contributed by atoms with Crippen LogP contribution in [0, 0.1) is 0 Å². The highest BCUT2D eigenvalue weighted by Crippen LogP contribution is 2.22. The SMILES string of the molecule is C=CCOC(=O)N1C[C@H](O)C[C@H]1Cc1ccncc1. The minimum atomic E-state index is -0.483. The number of ether oxygens (including phenoxy) is 1. The smallest absolute Gasteiger partial charge is 0.410 e. The third-order valence-corrected chi connectivity index (χ3v) is 3.17. The standard InChI is InChI=1S/C14H18N2O3/c1-2-7-19-14(18)16-10-13(17)9-12(16)8-11-3-5-15-6-4-11/h2-6,12-13,17H,1,7-10H2/t12-,13-/m1/s1. The summed E-state index contributed by atoms with van der Waals surface area (Å²) < 4.78 is 5.04. The van der Waals surface area contributed by atoms with Crippen molar-refractivity contribution >= 4 is 6.09 Å². The van der Waals surface area contributed by atoms with E-state index < -0.39 is 12.2 Å². The van der Waals surface area contributed by atoms with Gasteiger partial charge in [-0.25, -0.2) is 4.79 Å². The van der Waals surface area contributed by atoms with E-state index in [1.165, 1.54) is 6.08 Å². The summed E-state index contributed by atoms with van der Waals surface area (Å²) >= 11 is 0. The summed E-state index contributed by atoms with van der Waals surface area (Å²) in [6.07, 6.45) is 5.37. The van der Waals surface area contributed by atoms with Gasteiger partial charge in [-0.3, -0.25) is 4.98 Å². The highest BCUT2D eigenvalue weighted by atomic mass is 16.6. The third kappa shape index (κ3) is 3.54. The van der Waals surface area contributed by atoms with Crippen molar-refractivity contribution in [3.63, 3.8) is 0 Å². The van der Waals surface area contributed by atoms with Crippen molar-refractivity contribution in [3.05, 3.63) is 42.7 Å². The van der Waals surface area contributed by atoms with Crippen LogP contribution in [-0.2, 0) is 11.2 Å². The lowest BCUT2D eigenvalue weighted by atomic mass is 10.0. The number of likely N-dealkylation sites (tertiary alicyclic amines) is 1. The Hall–Kier alpha value is -1.88. The molecule has 0 radical (unpaired) electrons. The van der Waals surface area contributed by atoms with Crippen LogP contribution < -0.4 is 0 Å². The summed E-state index contributed by atoms with van der Waals surface area (Å²) in [5, 5.41) is 9.74. The number of pyridine rings is 1. The number of β-amino-alcohol motifs (C(OH)–C–C–N with tert-alkyl or cyclic N) is 1. The second-order valence-corrected chi connectivity index (χ2v) is 4.62. The van der Waals surface area contributed by atoms with Crippen LogP contribution in [-0.4, -0.2) is 46.4 Å². The minimum absolute atomic E-state index is 0.0327. The maximum absolute atomic E-state index is 11.9. The summed E-state index contributed by atoms with van der Waals surface area (Å²) in [7, 11) is 0. The van der Waals surface area contributed by atoms with Crippen LogP contribution in [0.1, 0.15) is 12.0 Å². The predicted octanol–water partition coefficient (Wildman–Crippen LogP) is 1.38. The van der Waals surface area contributed by atoms with Crippen molar-refractivity contribution in [2.45, 2.75) is 25.0 Å². The van der Waals surface area contributed by atoms with Crippen molar-refractivity contribution in [2.75, 3.05) is 13.2 Å². The summed E-state index contributed by atoms with van der Waals surface area (Å²) in [4.78, 5) is 17.4. The first kappa shape index (κ1) is 13.5. The molecule has 2 atom stereocenters. The Morgan fingerprint density at radius 3 is 3.00 bits per heavy atom. The first-order valence-corrected chi connectivity index (χ1v) is 6.32. The van der Waals surface area contributed by atoms with Gasteiger partial charge in [0.1, 0.15) is 6.61 Å². The van der Waals surface area contributed by atoms with Crippen LogP contribution in [0.2, 0.25) is 0 Å². The highest BCUT2D eigenvalue weighted by Gasteiger charge is 2.35. The van der Waals surface area contributed by atoms with E-state index in [1.807, 2.05) is 12.1 Å². The predicted molar refractivity (Wildman–Crippen MR) is 70.6 cm³/mol. The van der Waals surface area contributed by atoms with Crippen molar-refractivity contribution in [2.24, 2.45) is 0 Å². The molecule has 1 fully saturated rings. The third-order valence-electron chi connectivity index (χ3n) is 3.17. The van der Waals surface area contributed by atoms with E-state index in [0.29, 0.717) is 19.4 Å². The van der Waals surface area contributed by atoms with E-state index in [4.69, 9.17) is 4.74 Å². The molecule has 0 saturated carbocycles. The number of amides is 1. The van der Waals surface area contributed by atoms with E-state index in [2.05, 4.69) is 11.6 Å². The van der Waals surface area contributed by atoms with Crippen LogP contribution in [0.3, 0.4) is 0 Å². The van der Waals surface area contributed by atoms with Crippen LogP contribution in [0.15, 0.2) is 37.2 Å². The molecule has 5 heteroatoms. The number of nitrogens with zero attached hydrogens (tertiary/aromatic N) is 2. The van der Waals surface area contributed by atoms with Gasteiger partial charge in [-0.15, -0.1) is 0 Å². The van der Waals surface area contributed by atoms with Gasteiger partial charge in [-0.05, 0) is 30.5 Å². The number of aliphatic hydroxyl groups is 1. The van der Waals surface area contributed by atoms with Gasteiger partial charge in [-0.1, -0.05) is 12.7 Å². The molecule has 0 unspecified atom stereocenters. The average Bonchev–Trinajstić information content (AvgIpc) is 2.78. The molecule has 1 aliphatic heterocycles. The maximum Gasteiger partial charge on any atom is 0.410 e. The fourth-order valence-electron chi connectivity index (χ4n) is 2.31. The first-order valence-electron chi connectivity index (χ1n) is 6.32. The Morgan fingerprint density at radius 2 is 2.32 bits per heavy atom. The zero-order valence-electron chi connectivity index (χ0n) is 10.7. The monoisotopic (exact) mass is 262 g/mol. The fraction of sp³-hybridized carbons (Fsp3) is 0.429. The van der Waals surface area contributed by atoms with E-state index >= 15 is 0 Å². The molecule has 0 spiro atoms. The van der Waals surface area contributed by atoms with E-state index in [1.54, 1.807) is 17.3 Å². The van der Waals surface area contributed by atoms with Crippen LogP contribution in [0.4, 0.5) is 4.79 Å². The van der Waals surface area contributed by atoms with Gasteiger partial charge in [0.05, 0.1) is 12.6 Å². The number of carbonyl (C=O) groups excluding carboxylic acids is 1. The molecule has 1 aromatic heterocycles. The average molecular weight is 262 g/mol. The van der Waals surface area contributed by atoms with Crippen LogP contribution in [0.5, 0.6) is 0 Å². The zero-order valence-corrected chi connectivity index (χ0v) is 10.7. The second kappa shape index (κ2) is 6.33. The second-order valence-electron chi connectivity index (χ2n) is 4.62. The van der Waals surface area contributed by atoms with Gasteiger partial charge in [0.2, 0.25) is 0 Å². The molecule has 0 aromatic carbocycles. The molecule has 0 aliphatic carbocycles. The molecule has 102 valence electrons. The molecule has 5 nitrogen and oxygen atoms in total. The normalized spacial score (nSPS) is 22.3. The molecule has 1 N–H and O–H groups in total. The molecule has 1 saturated heterocycles. The van der Waals surface area contributed by atoms with Gasteiger partial charge in [0, 0.05) is 18.4 Å². The molecule has 19 heavy (non-hydrogen) atoms. The molecule has 1 aromatic rings. The highest BCUT2D eigenvalue weighted by molar-refractivity contribution is 5.68. The number of aliphatic hydroxyl groups excluding tert-OH is 1. The van der Waals surface area contributed by atoms with Crippen LogP contribution >= 0.6 is 0 Å². The van der Waals surface area contributed by atoms with Gasteiger partial charge in [0.25, 0.3) is 0 Å². The minimum Gasteiger partial charge on any atom is -0.445 e. The first-order chi connectivity index (χ1) is 9.20. The zero-order chi connectivity index (χ0) is 13.7. The number of hydrogen-bond acceptors (Lipinski definition) is 4. The topological polar surface area (TPSA) is 62.7 Å². The van der Waals surface area contributed by atoms with Crippen molar-refractivity contribution in [1.29, 1.82) is 0 Å². The Labute approximate surface area is 112 Å². The molecule has 1 amide bonds. The molecule has 0 bridgehead atoms. The number of hydrogen-bond donors (Lipinski definition) is 1. The van der Waals surface area contributed by atoms with Crippen molar-refractivity contribution in [3.8, 4) is 0 Å². The molecular weight excluding hydrogens is 244 g/mol. The van der Waals surface area contributed by atoms with Crippen molar-refractivity contribution < 1.29 is 14.6 Å². The summed E-state index contributed by atoms with van der Waals surface area (Å²) in [6.45, 7) is 4.02. The van der Waals surface area contributed by atoms with Crippen molar-refractivity contribution in [1.82, 2.24) is 9.88 Å². The molecule has 2 rings (SSSR count). The van der Waals surface area contributed by atoms with Gasteiger partial charge < -0.3 is 14.7 Å². The summed E-state index contributed by atoms with van der Waals surface area (Å²) in [5.41, 5.74) is 1.09. The lowest BCUT2D eigenvalue weighted by Gasteiger charge is -2.23. The Balaban J connectivity index is 2.01. The summed E-state index contributed by atoms with van der Waals surface area (Å²) in [6, 6.07) is 3.80. The molecular formula is C14H18N2O3. The number of aromatic nitrogens is 1. The van der Waals surface area contributed by atoms with E-state index in [9.17, 15) is 9.90 Å². The van der Waals surface area contributed by atoms with Gasteiger partial charge in [0.15, 0.2) is 0 Å². The Kier molecular flexibility index (Phi) is 4.52. The van der Waals surface area contributed by atoms with Gasteiger partial charge >= 0.3 is 6.09 Å². The maximum atomic E-state index is 11.9. The quantitative estimate of drug-likeness (QED) is 0.833. The molecule has 2 heterocycles. The van der Waals surface area contributed by atoms with Crippen LogP contribution in [0.25, 0.3) is 0 Å². The Morgan fingerprint density at radius 1 is 1.58 bits per heavy atom. The largest absolute Gasteiger partial charge is 0.445 e. The van der Waals surface area contributed by atoms with E-state index in [-0.39, 0.29) is 12.6 Å². The number of carbonyl (C=O) groups is 1. The lowest BCUT2D eigenvalue weighted by Crippen LogP contribution is -2.37. The fourth-order valence-corrected chi connectivity index (χ4v) is 2.31. The molecule has 1 aliphatic rings. The summed E-state index contributed by atoms with van der Waals surface area (Å²) in [5.74, 6) is 0. The van der Waals surface area contributed by atoms with Gasteiger partial charge in [-0.2, -0.15) is 0 Å².